The molecule has 6 unspecified atom stereocenters. The Kier molecular flexibility index (Phi) is 39.2. The van der Waals surface area contributed by atoms with Gasteiger partial charge in [-0.2, -0.15) is 0 Å². The highest BCUT2D eigenvalue weighted by Gasteiger charge is 2.44. The van der Waals surface area contributed by atoms with Crippen molar-refractivity contribution in [1.29, 1.82) is 0 Å². The van der Waals surface area contributed by atoms with Gasteiger partial charge in [-0.05, 0) is 44.9 Å². The van der Waals surface area contributed by atoms with E-state index in [0.717, 1.165) is 57.8 Å². The van der Waals surface area contributed by atoms with Crippen molar-refractivity contribution in [2.24, 2.45) is 0 Å². The molecular formula is C50H92O9. The molecule has 346 valence electrons. The van der Waals surface area contributed by atoms with Crippen LogP contribution in [0.2, 0.25) is 0 Å². The Morgan fingerprint density at radius 2 is 1.03 bits per heavy atom. The molecule has 0 spiro atoms. The maximum absolute atomic E-state index is 12.8. The summed E-state index contributed by atoms with van der Waals surface area (Å²) in [5.41, 5.74) is 0. The van der Waals surface area contributed by atoms with E-state index in [1.54, 1.807) is 0 Å². The third-order valence-corrected chi connectivity index (χ3v) is 11.3. The molecule has 0 radical (unpaired) electrons. The van der Waals surface area contributed by atoms with Crippen molar-refractivity contribution >= 4 is 5.97 Å². The van der Waals surface area contributed by atoms with E-state index in [2.05, 4.69) is 50.3 Å². The number of hydrogen-bond donors (Lipinski definition) is 4. The Morgan fingerprint density at radius 3 is 1.56 bits per heavy atom. The quantitative estimate of drug-likeness (QED) is 0.0269. The van der Waals surface area contributed by atoms with Gasteiger partial charge in [0.15, 0.2) is 6.29 Å². The number of ether oxygens (including phenoxy) is 4. The van der Waals surface area contributed by atoms with Gasteiger partial charge in [0.25, 0.3) is 0 Å². The predicted molar refractivity (Wildman–Crippen MR) is 242 cm³/mol. The van der Waals surface area contributed by atoms with Gasteiger partial charge < -0.3 is 39.4 Å². The van der Waals surface area contributed by atoms with Gasteiger partial charge in [0.05, 0.1) is 19.8 Å². The van der Waals surface area contributed by atoms with E-state index in [4.69, 9.17) is 18.9 Å². The average Bonchev–Trinajstić information content (AvgIpc) is 3.24. The van der Waals surface area contributed by atoms with Gasteiger partial charge in [-0.3, -0.25) is 4.79 Å². The van der Waals surface area contributed by atoms with Crippen LogP contribution in [0.25, 0.3) is 0 Å². The fraction of sp³-hybridized carbons (Fsp3) is 0.860. The Hall–Kier alpha value is -1.59. The van der Waals surface area contributed by atoms with Gasteiger partial charge in [0.2, 0.25) is 0 Å². The van der Waals surface area contributed by atoms with Gasteiger partial charge in [-0.25, -0.2) is 0 Å². The van der Waals surface area contributed by atoms with Gasteiger partial charge in [0, 0.05) is 13.0 Å². The summed E-state index contributed by atoms with van der Waals surface area (Å²) in [5, 5.41) is 40.2. The second kappa shape index (κ2) is 41.7. The molecule has 6 atom stereocenters. The van der Waals surface area contributed by atoms with E-state index in [-0.39, 0.29) is 19.2 Å². The topological polar surface area (TPSA) is 135 Å². The summed E-state index contributed by atoms with van der Waals surface area (Å²) in [5.74, 6) is -0.313. The Bertz CT molecular complexity index is 999. The third-order valence-electron chi connectivity index (χ3n) is 11.3. The van der Waals surface area contributed by atoms with Gasteiger partial charge >= 0.3 is 5.97 Å². The molecule has 1 saturated heterocycles. The largest absolute Gasteiger partial charge is 0.457 e. The monoisotopic (exact) mass is 837 g/mol. The van der Waals surface area contributed by atoms with Crippen LogP contribution in [0.15, 0.2) is 36.5 Å². The van der Waals surface area contributed by atoms with Crippen LogP contribution in [-0.4, -0.2) is 89.6 Å². The first-order chi connectivity index (χ1) is 28.9. The summed E-state index contributed by atoms with van der Waals surface area (Å²) >= 11 is 0. The summed E-state index contributed by atoms with van der Waals surface area (Å²) < 4.78 is 22.9. The lowest BCUT2D eigenvalue weighted by Gasteiger charge is -2.39. The second-order valence-electron chi connectivity index (χ2n) is 16.9. The Labute approximate surface area is 361 Å². The maximum atomic E-state index is 12.8. The van der Waals surface area contributed by atoms with Crippen LogP contribution in [0.1, 0.15) is 213 Å². The van der Waals surface area contributed by atoms with Crippen molar-refractivity contribution < 1.29 is 44.2 Å². The standard InChI is InChI=1S/C50H92O9/c1-3-5-7-9-11-13-15-17-19-21-23-25-27-29-31-33-35-37-39-46(52)58-44(43-57-50-49(55)48(54)47(53)45(41-51)59-50)42-56-40-38-36-34-32-30-28-26-24-22-20-18-16-14-12-10-8-6-4-2/h6,8,12,14,18,20,44-45,47-51,53-55H,3-5,7,9-11,13,15-17,19,21-43H2,1-2H3/b8-6-,14-12-,20-18-. The lowest BCUT2D eigenvalue weighted by molar-refractivity contribution is -0.305. The number of carbonyl (C=O) groups excluding carboxylic acids is 1. The summed E-state index contributed by atoms with van der Waals surface area (Å²) in [7, 11) is 0. The highest BCUT2D eigenvalue weighted by molar-refractivity contribution is 5.69. The first-order valence-electron chi connectivity index (χ1n) is 24.6. The van der Waals surface area contributed by atoms with Crippen molar-refractivity contribution in [1.82, 2.24) is 0 Å². The van der Waals surface area contributed by atoms with Crippen LogP contribution in [0.4, 0.5) is 0 Å². The molecule has 0 aromatic rings. The van der Waals surface area contributed by atoms with Crippen molar-refractivity contribution in [3.05, 3.63) is 36.5 Å². The van der Waals surface area contributed by atoms with Crippen LogP contribution in [-0.2, 0) is 23.7 Å². The molecular weight excluding hydrogens is 745 g/mol. The van der Waals surface area contributed by atoms with E-state index < -0.39 is 43.4 Å². The van der Waals surface area contributed by atoms with E-state index in [0.29, 0.717) is 13.0 Å². The Balaban J connectivity index is 2.22. The van der Waals surface area contributed by atoms with Crippen LogP contribution < -0.4 is 0 Å². The van der Waals surface area contributed by atoms with Crippen molar-refractivity contribution in [2.45, 2.75) is 250 Å². The zero-order valence-electron chi connectivity index (χ0n) is 38.0. The number of aliphatic hydroxyl groups is 4. The van der Waals surface area contributed by atoms with Crippen molar-refractivity contribution in [2.75, 3.05) is 26.4 Å². The molecule has 1 aliphatic rings. The van der Waals surface area contributed by atoms with Crippen LogP contribution in [0, 0.1) is 0 Å². The number of hydrogen-bond acceptors (Lipinski definition) is 9. The number of carbonyl (C=O) groups is 1. The molecule has 1 heterocycles. The Morgan fingerprint density at radius 1 is 0.559 bits per heavy atom. The number of allylic oxidation sites excluding steroid dienone is 6. The minimum atomic E-state index is -1.54. The average molecular weight is 837 g/mol. The summed E-state index contributed by atoms with van der Waals surface area (Å²) in [6.45, 7) is 4.46. The smallest absolute Gasteiger partial charge is 0.306 e. The SMILES string of the molecule is CC/C=C\C/C=C\C/C=C\CCCCCCCCCCOCC(COC1OC(CO)C(O)C(O)C1O)OC(=O)CCCCCCCCCCCCCCCCCCCC. The molecule has 0 aromatic carbocycles. The van der Waals surface area contributed by atoms with E-state index in [9.17, 15) is 25.2 Å². The highest BCUT2D eigenvalue weighted by Crippen LogP contribution is 2.23. The first-order valence-corrected chi connectivity index (χ1v) is 24.6. The number of unbranched alkanes of at least 4 members (excludes halogenated alkanes) is 25. The molecule has 1 fully saturated rings. The minimum Gasteiger partial charge on any atom is -0.457 e. The molecule has 9 heteroatoms. The molecule has 59 heavy (non-hydrogen) atoms. The highest BCUT2D eigenvalue weighted by atomic mass is 16.7. The fourth-order valence-corrected chi connectivity index (χ4v) is 7.51. The fourth-order valence-electron chi connectivity index (χ4n) is 7.51. The normalized spacial score (nSPS) is 20.4. The van der Waals surface area contributed by atoms with E-state index >= 15 is 0 Å². The predicted octanol–water partition coefficient (Wildman–Crippen LogP) is 11.5. The number of rotatable bonds is 42. The van der Waals surface area contributed by atoms with Crippen molar-refractivity contribution in [3.8, 4) is 0 Å². The molecule has 0 aliphatic carbocycles. The number of aliphatic hydroxyl groups excluding tert-OH is 4. The van der Waals surface area contributed by atoms with Gasteiger partial charge in [-0.15, -0.1) is 0 Å². The van der Waals surface area contributed by atoms with E-state index in [1.807, 2.05) is 0 Å². The van der Waals surface area contributed by atoms with E-state index in [1.165, 1.54) is 135 Å². The maximum Gasteiger partial charge on any atom is 0.306 e. The van der Waals surface area contributed by atoms with Gasteiger partial charge in [0.1, 0.15) is 30.5 Å². The molecule has 1 aliphatic heterocycles. The van der Waals surface area contributed by atoms with Crippen LogP contribution in [0.3, 0.4) is 0 Å². The first kappa shape index (κ1) is 55.4. The summed E-state index contributed by atoms with van der Waals surface area (Å²) in [6, 6.07) is 0. The molecule has 0 aromatic heterocycles. The minimum absolute atomic E-state index is 0.114. The molecule has 0 bridgehead atoms. The lowest BCUT2D eigenvalue weighted by atomic mass is 9.99. The molecule has 9 nitrogen and oxygen atoms in total. The van der Waals surface area contributed by atoms with Crippen LogP contribution in [0.5, 0.6) is 0 Å². The molecule has 0 amide bonds. The van der Waals surface area contributed by atoms with Crippen molar-refractivity contribution in [3.63, 3.8) is 0 Å². The molecule has 1 rings (SSSR count). The van der Waals surface area contributed by atoms with Crippen LogP contribution >= 0.6 is 0 Å². The summed E-state index contributed by atoms with van der Waals surface area (Å²) in [6.07, 6.45) is 43.1. The van der Waals surface area contributed by atoms with Gasteiger partial charge in [-0.1, -0.05) is 198 Å². The number of esters is 1. The second-order valence-corrected chi connectivity index (χ2v) is 16.9. The lowest BCUT2D eigenvalue weighted by Crippen LogP contribution is -2.59. The third kappa shape index (κ3) is 32.7. The zero-order chi connectivity index (χ0) is 42.9. The zero-order valence-corrected chi connectivity index (χ0v) is 38.0. The summed E-state index contributed by atoms with van der Waals surface area (Å²) in [4.78, 5) is 12.8. The molecule has 0 saturated carbocycles. The molecule has 4 N–H and O–H groups in total.